The molecule has 0 saturated carbocycles. The van der Waals surface area contributed by atoms with Crippen molar-refractivity contribution in [3.05, 3.63) is 70.0 Å². The summed E-state index contributed by atoms with van der Waals surface area (Å²) in [6, 6.07) is 12.9. The van der Waals surface area contributed by atoms with E-state index in [4.69, 9.17) is 4.74 Å². The van der Waals surface area contributed by atoms with Gasteiger partial charge in [0.15, 0.2) is 0 Å². The van der Waals surface area contributed by atoms with Crippen LogP contribution < -0.4 is 4.74 Å². The number of rotatable bonds is 4. The van der Waals surface area contributed by atoms with E-state index in [0.717, 1.165) is 21.3 Å². The topological polar surface area (TPSA) is 91.0 Å². The van der Waals surface area contributed by atoms with E-state index in [0.29, 0.717) is 5.82 Å². The summed E-state index contributed by atoms with van der Waals surface area (Å²) < 4.78 is 5.84. The zero-order valence-electron chi connectivity index (χ0n) is 13.6. The third-order valence-corrected chi connectivity index (χ3v) is 4.60. The van der Waals surface area contributed by atoms with Gasteiger partial charge in [-0.25, -0.2) is 4.98 Å². The minimum Gasteiger partial charge on any atom is -0.429 e. The molecule has 3 heterocycles. The quantitative estimate of drug-likeness (QED) is 0.383. The minimum atomic E-state index is -0.577. The fourth-order valence-electron chi connectivity index (χ4n) is 2.62. The molecule has 7 nitrogen and oxygen atoms in total. The first-order valence-corrected chi connectivity index (χ1v) is 8.60. The van der Waals surface area contributed by atoms with Crippen molar-refractivity contribution >= 4 is 27.4 Å². The van der Waals surface area contributed by atoms with Crippen molar-refractivity contribution in [2.45, 2.75) is 6.92 Å². The number of aryl methyl sites for hydroxylation is 1. The van der Waals surface area contributed by atoms with Crippen LogP contribution in [0, 0.1) is 17.0 Å². The molecule has 0 radical (unpaired) electrons. The molecule has 128 valence electrons. The Balaban J connectivity index is 1.90. The van der Waals surface area contributed by atoms with Crippen molar-refractivity contribution in [3.63, 3.8) is 0 Å². The fourth-order valence-corrected chi connectivity index (χ4v) is 3.60. The molecule has 0 aliphatic heterocycles. The van der Waals surface area contributed by atoms with E-state index in [1.807, 2.05) is 35.7 Å². The smallest absolute Gasteiger partial charge is 0.406 e. The van der Waals surface area contributed by atoms with Gasteiger partial charge in [-0.2, -0.15) is 4.98 Å². The Morgan fingerprint density at radius 3 is 2.69 bits per heavy atom. The van der Waals surface area contributed by atoms with Crippen LogP contribution in [0.2, 0.25) is 0 Å². The summed E-state index contributed by atoms with van der Waals surface area (Å²) in [5.41, 5.74) is 1.92. The lowest BCUT2D eigenvalue weighted by Gasteiger charge is -2.08. The van der Waals surface area contributed by atoms with Gasteiger partial charge in [0.25, 0.3) is 0 Å². The number of fused-ring (bicyclic) bond motifs is 1. The molecule has 0 aliphatic carbocycles. The second-order valence-electron chi connectivity index (χ2n) is 5.46. The van der Waals surface area contributed by atoms with E-state index < -0.39 is 4.92 Å². The molecule has 0 bridgehead atoms. The van der Waals surface area contributed by atoms with Crippen LogP contribution in [-0.2, 0) is 0 Å². The van der Waals surface area contributed by atoms with Crippen molar-refractivity contribution in [1.82, 2.24) is 15.0 Å². The molecule has 1 aromatic carbocycles. The lowest BCUT2D eigenvalue weighted by atomic mass is 10.1. The van der Waals surface area contributed by atoms with E-state index in [-0.39, 0.29) is 17.4 Å². The van der Waals surface area contributed by atoms with E-state index in [1.165, 1.54) is 23.6 Å². The van der Waals surface area contributed by atoms with Crippen LogP contribution in [0.3, 0.4) is 0 Å². The van der Waals surface area contributed by atoms with E-state index >= 15 is 0 Å². The molecule has 0 saturated heterocycles. The molecule has 4 aromatic rings. The zero-order valence-corrected chi connectivity index (χ0v) is 14.4. The van der Waals surface area contributed by atoms with Crippen LogP contribution in [0.15, 0.2) is 54.0 Å². The number of pyridine rings is 1. The Morgan fingerprint density at radius 2 is 1.92 bits per heavy atom. The largest absolute Gasteiger partial charge is 0.429 e. The molecule has 8 heteroatoms. The van der Waals surface area contributed by atoms with Crippen LogP contribution in [0.5, 0.6) is 11.6 Å². The number of hydrogen-bond donors (Lipinski definition) is 0. The minimum absolute atomic E-state index is 0.0436. The predicted octanol–water partition coefficient (Wildman–Crippen LogP) is 4.76. The maximum Gasteiger partial charge on any atom is 0.406 e. The van der Waals surface area contributed by atoms with Crippen LogP contribution in [0.25, 0.3) is 21.3 Å². The van der Waals surface area contributed by atoms with E-state index in [2.05, 4.69) is 15.0 Å². The Hall–Kier alpha value is -3.39. The summed E-state index contributed by atoms with van der Waals surface area (Å²) in [5, 5.41) is 13.9. The van der Waals surface area contributed by atoms with E-state index in [1.54, 1.807) is 13.0 Å². The highest BCUT2D eigenvalue weighted by Gasteiger charge is 2.21. The van der Waals surface area contributed by atoms with Crippen molar-refractivity contribution in [2.24, 2.45) is 0 Å². The number of nitro groups is 1. The van der Waals surface area contributed by atoms with Crippen LogP contribution in [0.1, 0.15) is 5.82 Å². The summed E-state index contributed by atoms with van der Waals surface area (Å²) in [6.07, 6.45) is 1.35. The first-order valence-electron chi connectivity index (χ1n) is 7.72. The molecule has 3 aromatic heterocycles. The molecule has 0 spiro atoms. The molecular formula is C18H12N4O3S. The number of benzene rings is 1. The van der Waals surface area contributed by atoms with Crippen molar-refractivity contribution in [1.29, 1.82) is 0 Å². The van der Waals surface area contributed by atoms with Crippen LogP contribution in [0.4, 0.5) is 5.82 Å². The number of hydrogen-bond acceptors (Lipinski definition) is 7. The van der Waals surface area contributed by atoms with Crippen molar-refractivity contribution in [2.75, 3.05) is 0 Å². The Morgan fingerprint density at radius 1 is 1.12 bits per heavy atom. The normalized spacial score (nSPS) is 10.8. The van der Waals surface area contributed by atoms with Crippen molar-refractivity contribution < 1.29 is 9.66 Å². The van der Waals surface area contributed by atoms with Gasteiger partial charge in [-0.1, -0.05) is 30.3 Å². The van der Waals surface area contributed by atoms with Gasteiger partial charge in [0.1, 0.15) is 16.9 Å². The van der Waals surface area contributed by atoms with Gasteiger partial charge in [0.2, 0.25) is 11.6 Å². The standard InChI is InChI=1S/C18H12N4O3S/c1-11-20-17(25-14-8-5-9-19-16(14)22(23)24)15-13(10-26-18(15)21-11)12-6-3-2-4-7-12/h2-10H,1H3. The highest BCUT2D eigenvalue weighted by Crippen LogP contribution is 2.40. The summed E-state index contributed by atoms with van der Waals surface area (Å²) in [6.45, 7) is 1.76. The van der Waals surface area contributed by atoms with E-state index in [9.17, 15) is 10.1 Å². The van der Waals surface area contributed by atoms with Crippen LogP contribution in [-0.4, -0.2) is 19.9 Å². The summed E-state index contributed by atoms with van der Waals surface area (Å²) in [5.74, 6) is 0.500. The maximum absolute atomic E-state index is 11.2. The number of aromatic nitrogens is 3. The second kappa shape index (κ2) is 6.49. The van der Waals surface area contributed by atoms with Crippen LogP contribution >= 0.6 is 11.3 Å². The molecule has 0 unspecified atom stereocenters. The van der Waals surface area contributed by atoms with Crippen molar-refractivity contribution in [3.8, 4) is 22.8 Å². The first kappa shape index (κ1) is 16.1. The summed E-state index contributed by atoms with van der Waals surface area (Å²) in [7, 11) is 0. The number of ether oxygens (including phenoxy) is 1. The summed E-state index contributed by atoms with van der Waals surface area (Å²) in [4.78, 5) is 24.0. The molecule has 0 N–H and O–H groups in total. The van der Waals surface area contributed by atoms with Gasteiger partial charge in [-0.05, 0) is 34.5 Å². The molecular weight excluding hydrogens is 352 g/mol. The third-order valence-electron chi connectivity index (χ3n) is 3.73. The lowest BCUT2D eigenvalue weighted by Crippen LogP contribution is -1.99. The molecule has 0 amide bonds. The maximum atomic E-state index is 11.2. The average Bonchev–Trinajstić information content (AvgIpc) is 3.06. The highest BCUT2D eigenvalue weighted by molar-refractivity contribution is 7.17. The third kappa shape index (κ3) is 2.86. The Bertz CT molecular complexity index is 1110. The Kier molecular flexibility index (Phi) is 4.02. The van der Waals surface area contributed by atoms with Gasteiger partial charge in [-0.3, -0.25) is 0 Å². The number of nitrogens with zero attached hydrogens (tertiary/aromatic N) is 4. The first-order chi connectivity index (χ1) is 12.6. The SMILES string of the molecule is Cc1nc(Oc2cccnc2[N+](=O)[O-])c2c(-c3ccccc3)csc2n1. The number of thiophene rings is 1. The zero-order chi connectivity index (χ0) is 18.1. The van der Waals surface area contributed by atoms with Gasteiger partial charge in [0, 0.05) is 10.9 Å². The van der Waals surface area contributed by atoms with Gasteiger partial charge < -0.3 is 14.9 Å². The van der Waals surface area contributed by atoms with Gasteiger partial charge in [-0.15, -0.1) is 11.3 Å². The molecule has 4 rings (SSSR count). The lowest BCUT2D eigenvalue weighted by molar-refractivity contribution is -0.390. The predicted molar refractivity (Wildman–Crippen MR) is 98.6 cm³/mol. The molecule has 26 heavy (non-hydrogen) atoms. The molecule has 0 fully saturated rings. The average molecular weight is 364 g/mol. The summed E-state index contributed by atoms with van der Waals surface area (Å²) >= 11 is 1.48. The highest BCUT2D eigenvalue weighted by atomic mass is 32.1. The second-order valence-corrected chi connectivity index (χ2v) is 6.31. The fraction of sp³-hybridized carbons (Fsp3) is 0.0556. The Labute approximate surface area is 152 Å². The molecule has 0 aliphatic rings. The van der Waals surface area contributed by atoms with Gasteiger partial charge in [0.05, 0.1) is 5.39 Å². The monoisotopic (exact) mass is 364 g/mol. The van der Waals surface area contributed by atoms with Gasteiger partial charge >= 0.3 is 5.82 Å². The molecule has 0 atom stereocenters.